The van der Waals surface area contributed by atoms with Crippen LogP contribution in [0.3, 0.4) is 0 Å². The zero-order chi connectivity index (χ0) is 12.8. The van der Waals surface area contributed by atoms with Crippen LogP contribution in [-0.4, -0.2) is 60.5 Å². The average Bonchev–Trinajstić information content (AvgIpc) is 2.98. The van der Waals surface area contributed by atoms with Crippen molar-refractivity contribution < 1.29 is 9.84 Å². The Morgan fingerprint density at radius 1 is 1.55 bits per heavy atom. The molecule has 1 aromatic heterocycles. The number of rotatable bonds is 7. The first-order chi connectivity index (χ1) is 8.72. The van der Waals surface area contributed by atoms with Gasteiger partial charge in [-0.05, 0) is 13.0 Å². The molecular weight excluding hydrogens is 321 g/mol. The molecule has 5 nitrogen and oxygen atoms in total. The average molecular weight is 344 g/mol. The number of thiazole rings is 1. The predicted octanol–water partition coefficient (Wildman–Crippen LogP) is 1.16. The summed E-state index contributed by atoms with van der Waals surface area (Å²) < 4.78 is 5.13. The first-order valence-corrected chi connectivity index (χ1v) is 7.13. The molecule has 1 aliphatic rings. The van der Waals surface area contributed by atoms with Crippen molar-refractivity contribution in [2.24, 2.45) is 0 Å². The highest BCUT2D eigenvalue weighted by atomic mass is 35.5. The van der Waals surface area contributed by atoms with Crippen molar-refractivity contribution in [3.63, 3.8) is 0 Å². The summed E-state index contributed by atoms with van der Waals surface area (Å²) in [7, 11) is 1.70. The third-order valence-corrected chi connectivity index (χ3v) is 3.96. The maximum Gasteiger partial charge on any atom is 0.107 e. The van der Waals surface area contributed by atoms with Gasteiger partial charge in [-0.1, -0.05) is 0 Å². The second-order valence-electron chi connectivity index (χ2n) is 4.78. The van der Waals surface area contributed by atoms with Crippen LogP contribution in [0.5, 0.6) is 0 Å². The van der Waals surface area contributed by atoms with Crippen molar-refractivity contribution in [2.45, 2.75) is 18.6 Å². The predicted molar refractivity (Wildman–Crippen MR) is 86.2 cm³/mol. The lowest BCUT2D eigenvalue weighted by Gasteiger charge is -2.30. The minimum atomic E-state index is -0.606. The van der Waals surface area contributed by atoms with E-state index in [4.69, 9.17) is 4.74 Å². The molecule has 1 unspecified atom stereocenters. The Kier molecular flexibility index (Phi) is 9.92. The highest BCUT2D eigenvalue weighted by Gasteiger charge is 2.33. The van der Waals surface area contributed by atoms with Gasteiger partial charge in [-0.2, -0.15) is 0 Å². The molecule has 2 rings (SSSR count). The number of hydrogen-bond acceptors (Lipinski definition) is 6. The quantitative estimate of drug-likeness (QED) is 0.777. The third kappa shape index (κ3) is 6.22. The fourth-order valence-electron chi connectivity index (χ4n) is 2.24. The van der Waals surface area contributed by atoms with Crippen LogP contribution < -0.4 is 5.32 Å². The SMILES string of the molecule is COCCN(Cc1nccs1)CC1(O)CCNC1.Cl.Cl. The molecule has 2 heterocycles. The molecule has 0 saturated carbocycles. The largest absolute Gasteiger partial charge is 0.387 e. The van der Waals surface area contributed by atoms with Gasteiger partial charge in [-0.25, -0.2) is 4.98 Å². The van der Waals surface area contributed by atoms with Crippen LogP contribution in [-0.2, 0) is 11.3 Å². The van der Waals surface area contributed by atoms with E-state index in [1.54, 1.807) is 18.4 Å². The third-order valence-electron chi connectivity index (χ3n) is 3.19. The molecule has 8 heteroatoms. The molecule has 1 aromatic rings. The molecule has 1 fully saturated rings. The van der Waals surface area contributed by atoms with Crippen LogP contribution in [0.4, 0.5) is 0 Å². The van der Waals surface area contributed by atoms with E-state index in [1.807, 2.05) is 11.6 Å². The molecule has 0 radical (unpaired) electrons. The number of methoxy groups -OCH3 is 1. The Hall–Kier alpha value is 0.0500. The lowest BCUT2D eigenvalue weighted by molar-refractivity contribution is 0.0111. The summed E-state index contributed by atoms with van der Waals surface area (Å²) in [6.45, 7) is 4.51. The highest BCUT2D eigenvalue weighted by Crippen LogP contribution is 2.18. The molecule has 0 spiro atoms. The molecule has 20 heavy (non-hydrogen) atoms. The fraction of sp³-hybridized carbons (Fsp3) is 0.750. The topological polar surface area (TPSA) is 57.6 Å². The summed E-state index contributed by atoms with van der Waals surface area (Å²) in [5.74, 6) is 0. The van der Waals surface area contributed by atoms with Gasteiger partial charge in [0.05, 0.1) is 18.8 Å². The van der Waals surface area contributed by atoms with E-state index in [-0.39, 0.29) is 24.8 Å². The van der Waals surface area contributed by atoms with E-state index in [9.17, 15) is 5.11 Å². The summed E-state index contributed by atoms with van der Waals surface area (Å²) in [6.07, 6.45) is 2.63. The molecule has 118 valence electrons. The van der Waals surface area contributed by atoms with Crippen LogP contribution in [0.2, 0.25) is 0 Å². The zero-order valence-corrected chi connectivity index (χ0v) is 14.0. The summed E-state index contributed by atoms with van der Waals surface area (Å²) in [4.78, 5) is 6.52. The lowest BCUT2D eigenvalue weighted by Crippen LogP contribution is -2.45. The number of ether oxygens (including phenoxy) is 1. The van der Waals surface area contributed by atoms with Crippen molar-refractivity contribution in [1.29, 1.82) is 0 Å². The van der Waals surface area contributed by atoms with E-state index in [2.05, 4.69) is 15.2 Å². The molecule has 0 aromatic carbocycles. The second-order valence-corrected chi connectivity index (χ2v) is 5.76. The summed E-state index contributed by atoms with van der Waals surface area (Å²) >= 11 is 1.65. The summed E-state index contributed by atoms with van der Waals surface area (Å²) in [5, 5.41) is 16.7. The van der Waals surface area contributed by atoms with Gasteiger partial charge in [-0.15, -0.1) is 36.2 Å². The van der Waals surface area contributed by atoms with Gasteiger partial charge in [0.1, 0.15) is 5.01 Å². The van der Waals surface area contributed by atoms with Gasteiger partial charge in [-0.3, -0.25) is 4.90 Å². The number of hydrogen-bond donors (Lipinski definition) is 2. The Labute approximate surface area is 136 Å². The van der Waals surface area contributed by atoms with Gasteiger partial charge >= 0.3 is 0 Å². The highest BCUT2D eigenvalue weighted by molar-refractivity contribution is 7.09. The van der Waals surface area contributed by atoms with Gasteiger partial charge < -0.3 is 15.2 Å². The minimum absolute atomic E-state index is 0. The van der Waals surface area contributed by atoms with Crippen LogP contribution in [0.25, 0.3) is 0 Å². The van der Waals surface area contributed by atoms with Gasteiger partial charge in [0, 0.05) is 38.3 Å². The minimum Gasteiger partial charge on any atom is -0.387 e. The number of aromatic nitrogens is 1. The summed E-state index contributed by atoms with van der Waals surface area (Å²) in [5.41, 5.74) is -0.606. The normalized spacial score (nSPS) is 21.6. The van der Waals surface area contributed by atoms with Crippen LogP contribution in [0, 0.1) is 0 Å². The van der Waals surface area contributed by atoms with Gasteiger partial charge in [0.15, 0.2) is 0 Å². The maximum atomic E-state index is 10.4. The van der Waals surface area contributed by atoms with Crippen molar-refractivity contribution in [1.82, 2.24) is 15.2 Å². The Balaban J connectivity index is 0.00000180. The first-order valence-electron chi connectivity index (χ1n) is 6.25. The fourth-order valence-corrected chi connectivity index (χ4v) is 2.90. The van der Waals surface area contributed by atoms with E-state index >= 15 is 0 Å². The van der Waals surface area contributed by atoms with Gasteiger partial charge in [0.2, 0.25) is 0 Å². The smallest absolute Gasteiger partial charge is 0.107 e. The molecule has 0 aliphatic carbocycles. The molecule has 2 N–H and O–H groups in total. The summed E-state index contributed by atoms with van der Waals surface area (Å²) in [6, 6.07) is 0. The van der Waals surface area contributed by atoms with Gasteiger partial charge in [0.25, 0.3) is 0 Å². The number of aliphatic hydroxyl groups is 1. The number of nitrogens with one attached hydrogen (secondary N) is 1. The van der Waals surface area contributed by atoms with Crippen molar-refractivity contribution >= 4 is 36.2 Å². The van der Waals surface area contributed by atoms with Crippen LogP contribution in [0.15, 0.2) is 11.6 Å². The standard InChI is InChI=1S/C12H21N3O2S.2ClH/c1-17-6-5-15(8-11-14-4-7-18-11)10-12(16)2-3-13-9-12;;/h4,7,13,16H,2-3,5-6,8-10H2,1H3;2*1H. The van der Waals surface area contributed by atoms with Crippen molar-refractivity contribution in [3.05, 3.63) is 16.6 Å². The first kappa shape index (κ1) is 20.1. The van der Waals surface area contributed by atoms with Crippen molar-refractivity contribution in [2.75, 3.05) is 39.9 Å². The van der Waals surface area contributed by atoms with E-state index in [0.29, 0.717) is 19.7 Å². The van der Waals surface area contributed by atoms with Crippen LogP contribution in [0.1, 0.15) is 11.4 Å². The maximum absolute atomic E-state index is 10.4. The van der Waals surface area contributed by atoms with Crippen molar-refractivity contribution in [3.8, 4) is 0 Å². The molecule has 1 saturated heterocycles. The van der Waals surface area contributed by atoms with E-state index in [0.717, 1.165) is 31.1 Å². The molecule has 0 bridgehead atoms. The molecular formula is C12H23Cl2N3O2S. The van der Waals surface area contributed by atoms with E-state index in [1.165, 1.54) is 0 Å². The van der Waals surface area contributed by atoms with Crippen LogP contribution >= 0.6 is 36.2 Å². The Bertz CT molecular complexity index is 348. The lowest BCUT2D eigenvalue weighted by atomic mass is 10.0. The Morgan fingerprint density at radius 3 is 2.90 bits per heavy atom. The number of halogens is 2. The molecule has 0 amide bonds. The number of nitrogens with zero attached hydrogens (tertiary/aromatic N) is 2. The molecule has 1 aliphatic heterocycles. The monoisotopic (exact) mass is 343 g/mol. The second kappa shape index (κ2) is 9.89. The number of β-amino-alcohol motifs (C(OH)–C–C–N with tert-alkyl or cyclic N) is 1. The zero-order valence-electron chi connectivity index (χ0n) is 11.6. The molecule has 1 atom stereocenters. The Morgan fingerprint density at radius 2 is 2.35 bits per heavy atom. The van der Waals surface area contributed by atoms with E-state index < -0.39 is 5.60 Å².